The van der Waals surface area contributed by atoms with Crippen molar-refractivity contribution in [3.05, 3.63) is 0 Å². The van der Waals surface area contributed by atoms with Crippen molar-refractivity contribution in [2.45, 2.75) is 46.1 Å². The Kier molecular flexibility index (Phi) is 3.44. The van der Waals surface area contributed by atoms with Crippen molar-refractivity contribution in [3.8, 4) is 0 Å². The van der Waals surface area contributed by atoms with Gasteiger partial charge in [-0.05, 0) is 30.6 Å². The lowest BCUT2D eigenvalue weighted by Crippen LogP contribution is -2.55. The summed E-state index contributed by atoms with van der Waals surface area (Å²) in [7, 11) is 0. The molecule has 0 radical (unpaired) electrons. The van der Waals surface area contributed by atoms with E-state index < -0.39 is 17.5 Å². The van der Waals surface area contributed by atoms with Crippen molar-refractivity contribution in [2.24, 2.45) is 23.7 Å². The standard InChI is InChI=1S/C12H22O3/c1-7(2)9-5-12(15,6-9)10(8(3)4)11(13)14/h7-10,15H,5-6H2,1-4H3,(H,13,14). The van der Waals surface area contributed by atoms with Crippen LogP contribution in [0.5, 0.6) is 0 Å². The van der Waals surface area contributed by atoms with E-state index in [4.69, 9.17) is 5.11 Å². The molecule has 0 aromatic carbocycles. The van der Waals surface area contributed by atoms with Crippen LogP contribution in [0.3, 0.4) is 0 Å². The number of hydrogen-bond donors (Lipinski definition) is 2. The predicted molar refractivity (Wildman–Crippen MR) is 58.5 cm³/mol. The molecule has 15 heavy (non-hydrogen) atoms. The number of aliphatic hydroxyl groups is 1. The van der Waals surface area contributed by atoms with Gasteiger partial charge >= 0.3 is 5.97 Å². The van der Waals surface area contributed by atoms with Crippen LogP contribution in [0, 0.1) is 23.7 Å². The number of carboxylic acids is 1. The number of rotatable bonds is 4. The van der Waals surface area contributed by atoms with Crippen LogP contribution in [0.1, 0.15) is 40.5 Å². The lowest BCUT2D eigenvalue weighted by Gasteiger charge is -2.50. The highest BCUT2D eigenvalue weighted by atomic mass is 16.4. The third-order valence-electron chi connectivity index (χ3n) is 3.69. The molecule has 0 aliphatic heterocycles. The number of carbonyl (C=O) groups is 1. The Bertz CT molecular complexity index is 239. The minimum Gasteiger partial charge on any atom is -0.481 e. The van der Waals surface area contributed by atoms with Gasteiger partial charge in [-0.25, -0.2) is 0 Å². The van der Waals surface area contributed by atoms with Crippen LogP contribution in [0.25, 0.3) is 0 Å². The van der Waals surface area contributed by atoms with E-state index in [1.165, 1.54) is 0 Å². The van der Waals surface area contributed by atoms with Gasteiger partial charge in [0.2, 0.25) is 0 Å². The summed E-state index contributed by atoms with van der Waals surface area (Å²) in [6.45, 7) is 7.96. The lowest BCUT2D eigenvalue weighted by molar-refractivity contribution is -0.176. The molecule has 1 fully saturated rings. The first kappa shape index (κ1) is 12.5. The van der Waals surface area contributed by atoms with Gasteiger partial charge in [0.15, 0.2) is 0 Å². The van der Waals surface area contributed by atoms with Gasteiger partial charge in [-0.15, -0.1) is 0 Å². The van der Waals surface area contributed by atoms with Crippen LogP contribution in [0.15, 0.2) is 0 Å². The Hall–Kier alpha value is -0.570. The summed E-state index contributed by atoms with van der Waals surface area (Å²) in [5, 5.41) is 19.4. The summed E-state index contributed by atoms with van der Waals surface area (Å²) >= 11 is 0. The van der Waals surface area contributed by atoms with Crippen LogP contribution >= 0.6 is 0 Å². The minimum atomic E-state index is -0.963. The van der Waals surface area contributed by atoms with E-state index in [1.807, 2.05) is 13.8 Å². The molecule has 0 bridgehead atoms. The third-order valence-corrected chi connectivity index (χ3v) is 3.69. The van der Waals surface area contributed by atoms with Gasteiger partial charge in [0.05, 0.1) is 11.5 Å². The number of hydrogen-bond acceptors (Lipinski definition) is 2. The van der Waals surface area contributed by atoms with Crippen LogP contribution in [0.2, 0.25) is 0 Å². The zero-order valence-electron chi connectivity index (χ0n) is 10.0. The second kappa shape index (κ2) is 4.12. The highest BCUT2D eigenvalue weighted by Crippen LogP contribution is 2.48. The molecule has 0 heterocycles. The zero-order valence-corrected chi connectivity index (χ0v) is 10.0. The first-order chi connectivity index (χ1) is 6.78. The molecule has 3 nitrogen and oxygen atoms in total. The monoisotopic (exact) mass is 214 g/mol. The molecule has 88 valence electrons. The molecular weight excluding hydrogens is 192 g/mol. The van der Waals surface area contributed by atoms with Gasteiger partial charge in [0.25, 0.3) is 0 Å². The molecule has 0 saturated heterocycles. The second-order valence-electron chi connectivity index (χ2n) is 5.58. The van der Waals surface area contributed by atoms with Crippen molar-refractivity contribution in [1.29, 1.82) is 0 Å². The van der Waals surface area contributed by atoms with Crippen LogP contribution in [-0.2, 0) is 4.79 Å². The van der Waals surface area contributed by atoms with Gasteiger partial charge in [-0.1, -0.05) is 27.7 Å². The molecule has 0 aromatic heterocycles. The Morgan fingerprint density at radius 3 is 2.00 bits per heavy atom. The van der Waals surface area contributed by atoms with E-state index in [-0.39, 0.29) is 5.92 Å². The summed E-state index contributed by atoms with van der Waals surface area (Å²) in [4.78, 5) is 11.1. The Labute approximate surface area is 91.5 Å². The van der Waals surface area contributed by atoms with Gasteiger partial charge in [-0.3, -0.25) is 4.79 Å². The van der Waals surface area contributed by atoms with Crippen LogP contribution in [0.4, 0.5) is 0 Å². The first-order valence-electron chi connectivity index (χ1n) is 5.73. The molecule has 3 heteroatoms. The van der Waals surface area contributed by atoms with E-state index in [1.54, 1.807) is 0 Å². The highest BCUT2D eigenvalue weighted by molar-refractivity contribution is 5.72. The van der Waals surface area contributed by atoms with E-state index >= 15 is 0 Å². The van der Waals surface area contributed by atoms with Gasteiger partial charge in [-0.2, -0.15) is 0 Å². The molecule has 1 aliphatic rings. The van der Waals surface area contributed by atoms with Crippen molar-refractivity contribution in [2.75, 3.05) is 0 Å². The maximum absolute atomic E-state index is 11.1. The van der Waals surface area contributed by atoms with E-state index in [0.29, 0.717) is 24.7 Å². The van der Waals surface area contributed by atoms with Crippen molar-refractivity contribution >= 4 is 5.97 Å². The summed E-state index contributed by atoms with van der Waals surface area (Å²) in [5.41, 5.74) is -0.963. The molecule has 1 atom stereocenters. The summed E-state index contributed by atoms with van der Waals surface area (Å²) in [5.74, 6) is -0.481. The van der Waals surface area contributed by atoms with Crippen molar-refractivity contribution < 1.29 is 15.0 Å². The Morgan fingerprint density at radius 2 is 1.73 bits per heavy atom. The Morgan fingerprint density at radius 1 is 1.27 bits per heavy atom. The maximum Gasteiger partial charge on any atom is 0.309 e. The molecule has 0 spiro atoms. The molecule has 1 aliphatic carbocycles. The SMILES string of the molecule is CC(C)C1CC(O)(C(C(=O)O)C(C)C)C1. The second-order valence-corrected chi connectivity index (χ2v) is 5.58. The smallest absolute Gasteiger partial charge is 0.309 e. The maximum atomic E-state index is 11.1. The van der Waals surface area contributed by atoms with Crippen molar-refractivity contribution in [3.63, 3.8) is 0 Å². The Balaban J connectivity index is 2.67. The fourth-order valence-electron chi connectivity index (χ4n) is 2.71. The van der Waals surface area contributed by atoms with E-state index in [0.717, 1.165) is 0 Å². The number of carboxylic acid groups (broad SMARTS) is 1. The normalized spacial score (nSPS) is 32.9. The van der Waals surface area contributed by atoms with E-state index in [2.05, 4.69) is 13.8 Å². The molecule has 0 amide bonds. The van der Waals surface area contributed by atoms with Gasteiger partial charge < -0.3 is 10.2 Å². The molecule has 1 unspecified atom stereocenters. The third kappa shape index (κ3) is 2.33. The summed E-state index contributed by atoms with van der Waals surface area (Å²) in [6, 6.07) is 0. The fraction of sp³-hybridized carbons (Fsp3) is 0.917. The summed E-state index contributed by atoms with van der Waals surface area (Å²) in [6.07, 6.45) is 1.28. The first-order valence-corrected chi connectivity index (χ1v) is 5.73. The predicted octanol–water partition coefficient (Wildman–Crippen LogP) is 2.14. The topological polar surface area (TPSA) is 57.5 Å². The highest BCUT2D eigenvalue weighted by Gasteiger charge is 2.52. The fourth-order valence-corrected chi connectivity index (χ4v) is 2.71. The molecule has 1 saturated carbocycles. The largest absolute Gasteiger partial charge is 0.481 e. The summed E-state index contributed by atoms with van der Waals surface area (Å²) < 4.78 is 0. The van der Waals surface area contributed by atoms with Crippen LogP contribution < -0.4 is 0 Å². The molecule has 0 aromatic rings. The van der Waals surface area contributed by atoms with Gasteiger partial charge in [0, 0.05) is 0 Å². The van der Waals surface area contributed by atoms with Crippen LogP contribution in [-0.4, -0.2) is 21.8 Å². The van der Waals surface area contributed by atoms with Crippen molar-refractivity contribution in [1.82, 2.24) is 0 Å². The molecule has 1 rings (SSSR count). The quantitative estimate of drug-likeness (QED) is 0.753. The van der Waals surface area contributed by atoms with Gasteiger partial charge in [0.1, 0.15) is 0 Å². The average Bonchev–Trinajstić information content (AvgIpc) is 1.97. The zero-order chi connectivity index (χ0) is 11.8. The number of aliphatic carboxylic acids is 1. The molecule has 2 N–H and O–H groups in total. The lowest BCUT2D eigenvalue weighted by atomic mass is 9.59. The van der Waals surface area contributed by atoms with E-state index in [9.17, 15) is 9.90 Å². The minimum absolute atomic E-state index is 0.0133. The average molecular weight is 214 g/mol. The molecular formula is C12H22O3.